The third-order valence-corrected chi connectivity index (χ3v) is 9.26. The van der Waals surface area contributed by atoms with Gasteiger partial charge in [0.1, 0.15) is 41.1 Å². The van der Waals surface area contributed by atoms with E-state index in [1.807, 2.05) is 6.07 Å². The molecule has 2 saturated heterocycles. The first-order chi connectivity index (χ1) is 30.1. The fourth-order valence-electron chi connectivity index (χ4n) is 6.11. The summed E-state index contributed by atoms with van der Waals surface area (Å²) in [6.45, 7) is 11.4. The van der Waals surface area contributed by atoms with Crippen molar-refractivity contribution in [3.63, 3.8) is 0 Å². The van der Waals surface area contributed by atoms with Gasteiger partial charge in [0.25, 0.3) is 5.70 Å². The van der Waals surface area contributed by atoms with Gasteiger partial charge in [-0.1, -0.05) is 49.0 Å². The molecule has 2 aliphatic heterocycles. The number of esters is 5. The second-order valence-corrected chi connectivity index (χ2v) is 13.5. The first kappa shape index (κ1) is 43.7. The van der Waals surface area contributed by atoms with Crippen LogP contribution >= 0.6 is 0 Å². The van der Waals surface area contributed by atoms with Crippen molar-refractivity contribution < 1.29 is 61.9 Å². The van der Waals surface area contributed by atoms with Crippen LogP contribution in [0.2, 0.25) is 0 Å². The highest BCUT2D eigenvalue weighted by Gasteiger charge is 2.51. The van der Waals surface area contributed by atoms with E-state index in [0.29, 0.717) is 41.9 Å². The lowest BCUT2D eigenvalue weighted by molar-refractivity contribution is -0.150. The topological polar surface area (TPSA) is 187 Å². The average molecular weight is 839 g/mol. The highest BCUT2D eigenvalue weighted by atomic mass is 16.7. The van der Waals surface area contributed by atoms with Gasteiger partial charge in [0.15, 0.2) is 12.2 Å². The number of unbranched alkanes of at least 4 members (excludes halogenated alkanes) is 1. The minimum absolute atomic E-state index is 0.0866. The SMILES string of the molecule is [C-]#[N+]/C(=C\c1ccc(OC(=O)c2ccc(OCCCCOC(=O)C=C)cc2)cc1)C(=O)O[C@H]1COC2C1OC[C@H]2OC(=O)/C(C#N)=C/c1ccc(OC(=O)c2ccccc2)cc1. The van der Waals surface area contributed by atoms with Crippen LogP contribution in [0.3, 0.4) is 0 Å². The molecule has 4 aromatic rings. The van der Waals surface area contributed by atoms with Crippen LogP contribution in [0.15, 0.2) is 127 Å². The summed E-state index contributed by atoms with van der Waals surface area (Å²) in [6, 6.07) is 29.1. The number of carbonyl (C=O) groups is 5. The van der Waals surface area contributed by atoms with Crippen molar-refractivity contribution in [2.75, 3.05) is 26.4 Å². The Morgan fingerprint density at radius 1 is 0.694 bits per heavy atom. The van der Waals surface area contributed by atoms with E-state index in [2.05, 4.69) is 11.4 Å². The van der Waals surface area contributed by atoms with Crippen molar-refractivity contribution in [1.82, 2.24) is 0 Å². The summed E-state index contributed by atoms with van der Waals surface area (Å²) in [5, 5.41) is 9.72. The molecule has 2 fully saturated rings. The molecule has 314 valence electrons. The molecule has 0 aromatic heterocycles. The summed E-state index contributed by atoms with van der Waals surface area (Å²) in [6.07, 6.45) is 1.63. The second-order valence-electron chi connectivity index (χ2n) is 13.5. The predicted molar refractivity (Wildman–Crippen MR) is 219 cm³/mol. The van der Waals surface area contributed by atoms with Crippen molar-refractivity contribution >= 4 is 42.0 Å². The van der Waals surface area contributed by atoms with E-state index in [9.17, 15) is 29.2 Å². The predicted octanol–water partition coefficient (Wildman–Crippen LogP) is 6.50. The minimum atomic E-state index is -0.925. The Balaban J connectivity index is 0.954. The Bertz CT molecular complexity index is 2410. The second kappa shape index (κ2) is 21.4. The standard InChI is InChI=1S/C47H38N2O13/c1-3-41(50)56-24-8-7-23-55-35-21-15-33(16-22-35)45(52)60-37-19-13-31(14-20-37)26-38(49-2)47(54)62-40-29-58-42-39(28-57-43(40)42)61-46(53)34(27-48)25-30-11-17-36(18-12-30)59-44(51)32-9-5-4-6-10-32/h3-6,9-22,25-26,39-40,42-43H,1,7-8,23-24,28-29H2/b34-25+,38-26-/t39-,40+,42?,43?/m1/s1. The number of carbonyl (C=O) groups excluding carboxylic acids is 5. The van der Waals surface area contributed by atoms with Crippen molar-refractivity contribution in [3.05, 3.63) is 161 Å². The lowest BCUT2D eigenvalue weighted by Gasteiger charge is -2.17. The zero-order valence-electron chi connectivity index (χ0n) is 33.0. The van der Waals surface area contributed by atoms with Crippen LogP contribution in [-0.4, -0.2) is 80.7 Å². The summed E-state index contributed by atoms with van der Waals surface area (Å²) in [4.78, 5) is 65.6. The number of hydrogen-bond acceptors (Lipinski definition) is 14. The Kier molecular flexibility index (Phi) is 15.1. The number of nitriles is 1. The van der Waals surface area contributed by atoms with Gasteiger partial charge in [-0.3, -0.25) is 4.79 Å². The summed E-state index contributed by atoms with van der Waals surface area (Å²) in [5.41, 5.74) is 0.986. The maximum Gasteiger partial charge on any atom is 0.349 e. The quantitative estimate of drug-likeness (QED) is 0.0213. The third kappa shape index (κ3) is 11.9. The minimum Gasteiger partial charge on any atom is -0.494 e. The molecule has 0 saturated carbocycles. The Morgan fingerprint density at radius 2 is 1.21 bits per heavy atom. The van der Waals surface area contributed by atoms with Crippen LogP contribution in [0.25, 0.3) is 17.0 Å². The third-order valence-electron chi connectivity index (χ3n) is 9.26. The lowest BCUT2D eigenvalue weighted by Crippen LogP contribution is -2.36. The lowest BCUT2D eigenvalue weighted by atomic mass is 10.1. The van der Waals surface area contributed by atoms with Crippen LogP contribution < -0.4 is 14.2 Å². The zero-order chi connectivity index (χ0) is 43.8. The molecular formula is C47H38N2O13. The molecule has 2 unspecified atom stereocenters. The molecule has 0 N–H and O–H groups in total. The number of fused-ring (bicyclic) bond motifs is 1. The summed E-state index contributed by atoms with van der Waals surface area (Å²) in [5.74, 6) is -2.39. The molecule has 0 spiro atoms. The monoisotopic (exact) mass is 838 g/mol. The van der Waals surface area contributed by atoms with Crippen molar-refractivity contribution in [1.29, 1.82) is 5.26 Å². The first-order valence-corrected chi connectivity index (χ1v) is 19.2. The van der Waals surface area contributed by atoms with Gasteiger partial charge in [0.2, 0.25) is 0 Å². The van der Waals surface area contributed by atoms with E-state index < -0.39 is 54.3 Å². The van der Waals surface area contributed by atoms with Crippen LogP contribution in [0.5, 0.6) is 17.2 Å². The molecule has 15 nitrogen and oxygen atoms in total. The number of benzene rings is 4. The van der Waals surface area contributed by atoms with Crippen molar-refractivity contribution in [2.24, 2.45) is 0 Å². The van der Waals surface area contributed by atoms with Gasteiger partial charge in [-0.25, -0.2) is 24.0 Å². The Hall–Kier alpha value is -7.85. The summed E-state index contributed by atoms with van der Waals surface area (Å²) >= 11 is 0. The fourth-order valence-corrected chi connectivity index (χ4v) is 6.11. The van der Waals surface area contributed by atoms with Crippen LogP contribution in [-0.2, 0) is 38.1 Å². The molecule has 0 aliphatic carbocycles. The molecule has 0 radical (unpaired) electrons. The van der Waals surface area contributed by atoms with E-state index in [1.54, 1.807) is 78.9 Å². The highest BCUT2D eigenvalue weighted by Crippen LogP contribution is 2.32. The van der Waals surface area contributed by atoms with Crippen LogP contribution in [0, 0.1) is 17.9 Å². The molecule has 4 atom stereocenters. The molecule has 15 heteroatoms. The molecule has 62 heavy (non-hydrogen) atoms. The zero-order valence-corrected chi connectivity index (χ0v) is 33.0. The van der Waals surface area contributed by atoms with Crippen molar-refractivity contribution in [3.8, 4) is 23.3 Å². The van der Waals surface area contributed by atoms with Gasteiger partial charge < -0.3 is 37.9 Å². The van der Waals surface area contributed by atoms with E-state index in [4.69, 9.17) is 44.5 Å². The average Bonchev–Trinajstić information content (AvgIpc) is 3.89. The Labute approximate surface area is 356 Å². The van der Waals surface area contributed by atoms with Crippen LogP contribution in [0.4, 0.5) is 0 Å². The number of nitrogens with zero attached hydrogens (tertiary/aromatic N) is 2. The summed E-state index contributed by atoms with van der Waals surface area (Å²) < 4.78 is 44.1. The smallest absolute Gasteiger partial charge is 0.349 e. The number of hydrogen-bond donors (Lipinski definition) is 0. The number of rotatable bonds is 17. The van der Waals surface area contributed by atoms with Gasteiger partial charge >= 0.3 is 29.8 Å². The van der Waals surface area contributed by atoms with Gasteiger partial charge in [-0.2, -0.15) is 5.26 Å². The maximum absolute atomic E-state index is 13.1. The molecule has 4 aromatic carbocycles. The summed E-state index contributed by atoms with van der Waals surface area (Å²) in [7, 11) is 0. The molecule has 2 aliphatic rings. The molecule has 0 amide bonds. The van der Waals surface area contributed by atoms with Gasteiger partial charge in [-0.15, -0.1) is 0 Å². The first-order valence-electron chi connectivity index (χ1n) is 19.2. The van der Waals surface area contributed by atoms with Crippen LogP contribution in [0.1, 0.15) is 44.7 Å². The molecular weight excluding hydrogens is 801 g/mol. The van der Waals surface area contributed by atoms with E-state index in [1.165, 1.54) is 36.4 Å². The normalized spacial score (nSPS) is 17.9. The molecule has 6 rings (SSSR count). The van der Waals surface area contributed by atoms with Gasteiger partial charge in [0.05, 0.1) is 44.1 Å². The molecule has 0 bridgehead atoms. The Morgan fingerprint density at radius 3 is 1.76 bits per heavy atom. The van der Waals surface area contributed by atoms with Gasteiger partial charge in [-0.05, 0) is 96.8 Å². The largest absolute Gasteiger partial charge is 0.494 e. The van der Waals surface area contributed by atoms with E-state index in [0.717, 1.165) is 6.08 Å². The van der Waals surface area contributed by atoms with E-state index >= 15 is 0 Å². The number of ether oxygens (including phenoxy) is 8. The fraction of sp³-hybridized carbons (Fsp3) is 0.213. The maximum atomic E-state index is 13.1. The molecule has 2 heterocycles. The van der Waals surface area contributed by atoms with Gasteiger partial charge in [0, 0.05) is 6.08 Å². The highest BCUT2D eigenvalue weighted by molar-refractivity contribution is 5.98. The van der Waals surface area contributed by atoms with Crippen molar-refractivity contribution in [2.45, 2.75) is 37.3 Å². The van der Waals surface area contributed by atoms with E-state index in [-0.39, 0.29) is 48.2 Å².